The Kier molecular flexibility index (Phi) is 4.87. The second kappa shape index (κ2) is 7.48. The van der Waals surface area contributed by atoms with Crippen LogP contribution in [0.4, 0.5) is 0 Å². The lowest BCUT2D eigenvalue weighted by atomic mass is 9.47. The average molecular weight is 451 g/mol. The predicted octanol–water partition coefficient (Wildman–Crippen LogP) is 6.12. The molecule has 1 saturated heterocycles. The van der Waals surface area contributed by atoms with E-state index in [4.69, 9.17) is 0 Å². The van der Waals surface area contributed by atoms with E-state index in [-0.39, 0.29) is 34.8 Å². The number of nitrogens with zero attached hydrogens (tertiary/aromatic N) is 1. The number of phenols is 2. The number of phenolic OH excluding ortho intramolecular Hbond substituents is 2. The molecule has 0 aromatic heterocycles. The standard InChI is InChI=1S/C28H38N2O3/c29-24-28-18-26(13-6-2-5-9-23(26)28)17-27(28,14-12-19-7-3-1-4-8-19)25(33)30(24)16-20-10-11-21(31)15-22(20)32/h10-11,15,19,23,29,31-32H,1-9,12-14,16-18H2. The van der Waals surface area contributed by atoms with E-state index < -0.39 is 5.41 Å². The summed E-state index contributed by atoms with van der Waals surface area (Å²) in [5.41, 5.74) is 0.208. The molecule has 5 aliphatic carbocycles. The minimum atomic E-state index is -0.407. The Balaban J connectivity index is 1.35. The molecular formula is C28H38N2O3. The molecule has 33 heavy (non-hydrogen) atoms. The maximum absolute atomic E-state index is 14.3. The molecule has 1 aromatic carbocycles. The molecule has 1 aromatic rings. The molecule has 5 nitrogen and oxygen atoms in total. The van der Waals surface area contributed by atoms with Gasteiger partial charge in [-0.1, -0.05) is 51.4 Å². The highest BCUT2D eigenvalue weighted by Gasteiger charge is 2.85. The second-order valence-corrected chi connectivity index (χ2v) is 12.0. The third-order valence-electron chi connectivity index (χ3n) is 10.6. The van der Waals surface area contributed by atoms with Gasteiger partial charge in [-0.05, 0) is 67.9 Å². The van der Waals surface area contributed by atoms with Gasteiger partial charge in [0.1, 0.15) is 17.3 Å². The zero-order valence-corrected chi connectivity index (χ0v) is 19.7. The first-order valence-corrected chi connectivity index (χ1v) is 13.3. The molecule has 4 unspecified atom stereocenters. The number of amides is 1. The van der Waals surface area contributed by atoms with Crippen molar-refractivity contribution in [2.75, 3.05) is 0 Å². The number of benzene rings is 1. The first kappa shape index (κ1) is 21.5. The average Bonchev–Trinajstić information content (AvgIpc) is 3.24. The van der Waals surface area contributed by atoms with E-state index in [0.717, 1.165) is 31.6 Å². The van der Waals surface area contributed by atoms with E-state index >= 15 is 0 Å². The highest BCUT2D eigenvalue weighted by atomic mass is 16.3. The Labute approximate surface area is 197 Å². The molecule has 0 radical (unpaired) electrons. The topological polar surface area (TPSA) is 84.6 Å². The third-order valence-corrected chi connectivity index (χ3v) is 10.6. The summed E-state index contributed by atoms with van der Waals surface area (Å²) < 4.78 is 0. The fraction of sp³-hybridized carbons (Fsp3) is 0.714. The number of carbonyl (C=O) groups is 1. The summed E-state index contributed by atoms with van der Waals surface area (Å²) >= 11 is 0. The largest absolute Gasteiger partial charge is 0.508 e. The van der Waals surface area contributed by atoms with Crippen LogP contribution in [0.15, 0.2) is 18.2 Å². The maximum Gasteiger partial charge on any atom is 0.235 e. The molecule has 6 aliphatic rings. The van der Waals surface area contributed by atoms with Crippen molar-refractivity contribution in [1.82, 2.24) is 4.90 Å². The van der Waals surface area contributed by atoms with Crippen LogP contribution in [0.3, 0.4) is 0 Å². The highest BCUT2D eigenvalue weighted by Crippen LogP contribution is 2.85. The van der Waals surface area contributed by atoms with Gasteiger partial charge in [-0.2, -0.15) is 0 Å². The van der Waals surface area contributed by atoms with E-state index in [0.29, 0.717) is 17.3 Å². The minimum absolute atomic E-state index is 0.00108. The zero-order chi connectivity index (χ0) is 22.8. The lowest BCUT2D eigenvalue weighted by Crippen LogP contribution is -2.55. The van der Waals surface area contributed by atoms with E-state index in [1.54, 1.807) is 17.0 Å². The number of amidine groups is 1. The van der Waals surface area contributed by atoms with E-state index in [1.807, 2.05) is 0 Å². The van der Waals surface area contributed by atoms with Crippen LogP contribution in [-0.2, 0) is 11.3 Å². The maximum atomic E-state index is 14.3. The monoisotopic (exact) mass is 450 g/mol. The van der Waals surface area contributed by atoms with Crippen LogP contribution in [0.25, 0.3) is 0 Å². The van der Waals surface area contributed by atoms with Gasteiger partial charge in [0.25, 0.3) is 0 Å². The fourth-order valence-corrected chi connectivity index (χ4v) is 9.24. The molecule has 4 atom stereocenters. The van der Waals surface area contributed by atoms with Crippen LogP contribution in [0, 0.1) is 33.5 Å². The SMILES string of the molecule is N=C1N(Cc2ccc(O)cc2O)C(=O)C2(CCC3CCCCC3)CC34CCCCCC3C12C4. The van der Waals surface area contributed by atoms with Crippen LogP contribution in [0.1, 0.15) is 95.5 Å². The van der Waals surface area contributed by atoms with Crippen LogP contribution in [-0.4, -0.2) is 26.9 Å². The molecule has 5 saturated carbocycles. The van der Waals surface area contributed by atoms with Crippen molar-refractivity contribution in [3.05, 3.63) is 23.8 Å². The van der Waals surface area contributed by atoms with Gasteiger partial charge in [0.05, 0.1) is 12.0 Å². The number of likely N-dealkylation sites (tertiary alicyclic amines) is 1. The summed E-state index contributed by atoms with van der Waals surface area (Å²) in [6.07, 6.45) is 16.9. The second-order valence-electron chi connectivity index (χ2n) is 12.0. The molecule has 178 valence electrons. The highest BCUT2D eigenvalue weighted by molar-refractivity contribution is 6.13. The van der Waals surface area contributed by atoms with Gasteiger partial charge in [-0.25, -0.2) is 0 Å². The lowest BCUT2D eigenvalue weighted by molar-refractivity contribution is -0.138. The lowest BCUT2D eigenvalue weighted by Gasteiger charge is -2.56. The van der Waals surface area contributed by atoms with E-state index in [2.05, 4.69) is 0 Å². The Morgan fingerprint density at radius 3 is 2.55 bits per heavy atom. The predicted molar refractivity (Wildman–Crippen MR) is 127 cm³/mol. The first-order valence-electron chi connectivity index (χ1n) is 13.3. The van der Waals surface area contributed by atoms with Gasteiger partial charge in [-0.15, -0.1) is 0 Å². The molecule has 1 heterocycles. The summed E-state index contributed by atoms with van der Waals surface area (Å²) in [6, 6.07) is 4.57. The summed E-state index contributed by atoms with van der Waals surface area (Å²) in [5.74, 6) is 1.92. The van der Waals surface area contributed by atoms with Crippen molar-refractivity contribution >= 4 is 11.7 Å². The molecule has 5 heteroatoms. The molecule has 1 aliphatic heterocycles. The Morgan fingerprint density at radius 1 is 1.00 bits per heavy atom. The summed E-state index contributed by atoms with van der Waals surface area (Å²) in [6.45, 7) is 0.233. The van der Waals surface area contributed by atoms with Gasteiger partial charge >= 0.3 is 0 Å². The van der Waals surface area contributed by atoms with Gasteiger partial charge < -0.3 is 10.2 Å². The van der Waals surface area contributed by atoms with Gasteiger partial charge in [0, 0.05) is 17.0 Å². The molecule has 2 spiro atoms. The van der Waals surface area contributed by atoms with E-state index in [9.17, 15) is 20.4 Å². The van der Waals surface area contributed by atoms with Crippen molar-refractivity contribution in [3.8, 4) is 11.5 Å². The molecule has 7 rings (SSSR count). The summed E-state index contributed by atoms with van der Waals surface area (Å²) in [5, 5.41) is 29.5. The van der Waals surface area contributed by atoms with Gasteiger partial charge in [-0.3, -0.25) is 15.1 Å². The molecule has 3 N–H and O–H groups in total. The Hall–Kier alpha value is -2.04. The smallest absolute Gasteiger partial charge is 0.235 e. The number of nitrogens with one attached hydrogen (secondary N) is 1. The number of aromatic hydroxyl groups is 2. The van der Waals surface area contributed by atoms with Crippen LogP contribution < -0.4 is 0 Å². The molecular weight excluding hydrogens is 412 g/mol. The zero-order valence-electron chi connectivity index (χ0n) is 19.7. The minimum Gasteiger partial charge on any atom is -0.508 e. The van der Waals surface area contributed by atoms with Crippen molar-refractivity contribution in [1.29, 1.82) is 5.41 Å². The number of rotatable bonds is 5. The van der Waals surface area contributed by atoms with Gasteiger partial charge in [0.15, 0.2) is 0 Å². The van der Waals surface area contributed by atoms with Gasteiger partial charge in [0.2, 0.25) is 5.91 Å². The normalized spacial score (nSPS) is 38.1. The third kappa shape index (κ3) is 2.83. The quantitative estimate of drug-likeness (QED) is 0.505. The van der Waals surface area contributed by atoms with Crippen molar-refractivity contribution in [2.24, 2.45) is 28.1 Å². The van der Waals surface area contributed by atoms with Crippen molar-refractivity contribution in [3.63, 3.8) is 0 Å². The molecule has 1 amide bonds. The Morgan fingerprint density at radius 2 is 1.76 bits per heavy atom. The van der Waals surface area contributed by atoms with Crippen LogP contribution >= 0.6 is 0 Å². The van der Waals surface area contributed by atoms with E-state index in [1.165, 1.54) is 70.3 Å². The fourth-order valence-electron chi connectivity index (χ4n) is 9.24. The summed E-state index contributed by atoms with van der Waals surface area (Å²) in [7, 11) is 0. The number of carbonyl (C=O) groups excluding carboxylic acids is 1. The number of hydrogen-bond acceptors (Lipinski definition) is 4. The van der Waals surface area contributed by atoms with Crippen molar-refractivity contribution in [2.45, 2.75) is 96.4 Å². The Bertz CT molecular complexity index is 985. The van der Waals surface area contributed by atoms with Crippen LogP contribution in [0.5, 0.6) is 11.5 Å². The number of hydrogen-bond donors (Lipinski definition) is 3. The van der Waals surface area contributed by atoms with Crippen molar-refractivity contribution < 1.29 is 15.0 Å². The van der Waals surface area contributed by atoms with Crippen LogP contribution in [0.2, 0.25) is 0 Å². The first-order chi connectivity index (χ1) is 15.9. The molecule has 2 bridgehead atoms. The summed E-state index contributed by atoms with van der Waals surface area (Å²) in [4.78, 5) is 16.0. The molecule has 6 fully saturated rings.